The molecule has 0 spiro atoms. The normalized spacial score (nSPS) is 15.0. The average molecular weight is 346 g/mol. The van der Waals surface area contributed by atoms with Gasteiger partial charge in [0.25, 0.3) is 5.56 Å². The highest BCUT2D eigenvalue weighted by Crippen LogP contribution is 2.32. The van der Waals surface area contributed by atoms with Crippen LogP contribution in [0.1, 0.15) is 26.3 Å². The first kappa shape index (κ1) is 17.6. The number of aliphatic hydroxyl groups excluding tert-OH is 1. The van der Waals surface area contributed by atoms with E-state index in [0.29, 0.717) is 11.3 Å². The zero-order valence-corrected chi connectivity index (χ0v) is 13.8. The maximum absolute atomic E-state index is 14.7. The van der Waals surface area contributed by atoms with E-state index in [1.165, 1.54) is 21.0 Å². The van der Waals surface area contributed by atoms with Crippen molar-refractivity contribution in [1.29, 1.82) is 0 Å². The third-order valence-electron chi connectivity index (χ3n) is 3.62. The van der Waals surface area contributed by atoms with Gasteiger partial charge < -0.3 is 15.6 Å². The van der Waals surface area contributed by atoms with Crippen molar-refractivity contribution in [3.8, 4) is 0 Å². The van der Waals surface area contributed by atoms with E-state index in [-0.39, 0.29) is 29.3 Å². The van der Waals surface area contributed by atoms with Gasteiger partial charge in [-0.15, -0.1) is 0 Å². The Labute approximate surface area is 134 Å². The van der Waals surface area contributed by atoms with Crippen LogP contribution < -0.4 is 16.2 Å². The standard InChI is InChI=1S/C13H19FN4O4S/c1-13(2,14)7(4-6(5-19)22-3)18-9-8(23-12(18)21)10(20)17-11(15)16-9/h6-7,19H,4-5H2,1-3H3,(H3,15,16,17,20)/t6?,7-/m0/s1. The molecule has 2 heterocycles. The Balaban J connectivity index is 2.68. The molecule has 0 radical (unpaired) electrons. The van der Waals surface area contributed by atoms with E-state index in [4.69, 9.17) is 10.5 Å². The number of hydrogen-bond acceptors (Lipinski definition) is 7. The van der Waals surface area contributed by atoms with Gasteiger partial charge in [0, 0.05) is 7.11 Å². The summed E-state index contributed by atoms with van der Waals surface area (Å²) < 4.78 is 21.0. The van der Waals surface area contributed by atoms with E-state index in [1.807, 2.05) is 0 Å². The second-order valence-electron chi connectivity index (χ2n) is 5.70. The van der Waals surface area contributed by atoms with Crippen LogP contribution >= 0.6 is 11.3 Å². The van der Waals surface area contributed by atoms with Crippen LogP contribution in [0.15, 0.2) is 9.59 Å². The zero-order valence-electron chi connectivity index (χ0n) is 13.0. The minimum absolute atomic E-state index is 0.0322. The third kappa shape index (κ3) is 3.43. The van der Waals surface area contributed by atoms with Gasteiger partial charge in [0.05, 0.1) is 18.8 Å². The lowest BCUT2D eigenvalue weighted by atomic mass is 9.95. The number of ether oxygens (including phenoxy) is 1. The third-order valence-corrected chi connectivity index (χ3v) is 4.56. The lowest BCUT2D eigenvalue weighted by Gasteiger charge is -2.30. The van der Waals surface area contributed by atoms with Gasteiger partial charge in [-0.3, -0.25) is 19.1 Å². The fraction of sp³-hybridized carbons (Fsp3) is 0.615. The number of H-pyrrole nitrogens is 1. The highest BCUT2D eigenvalue weighted by molar-refractivity contribution is 7.16. The summed E-state index contributed by atoms with van der Waals surface area (Å²) in [5.74, 6) is -0.157. The van der Waals surface area contributed by atoms with Crippen molar-refractivity contribution in [2.24, 2.45) is 0 Å². The predicted molar refractivity (Wildman–Crippen MR) is 85.6 cm³/mol. The summed E-state index contributed by atoms with van der Waals surface area (Å²) in [4.78, 5) is 30.0. The second-order valence-corrected chi connectivity index (χ2v) is 6.66. The van der Waals surface area contributed by atoms with Crippen LogP contribution in [-0.4, -0.2) is 45.1 Å². The summed E-state index contributed by atoms with van der Waals surface area (Å²) in [6.07, 6.45) is -0.618. The molecule has 0 aliphatic heterocycles. The Hall–Kier alpha value is -1.78. The van der Waals surface area contributed by atoms with Gasteiger partial charge in [-0.1, -0.05) is 11.3 Å². The number of nitrogen functional groups attached to an aromatic ring is 1. The molecule has 10 heteroatoms. The number of nitrogens with one attached hydrogen (secondary N) is 1. The molecule has 0 saturated carbocycles. The number of halogens is 1. The van der Waals surface area contributed by atoms with Gasteiger partial charge in [0.1, 0.15) is 10.4 Å². The lowest BCUT2D eigenvalue weighted by Crippen LogP contribution is -2.37. The van der Waals surface area contributed by atoms with E-state index in [1.54, 1.807) is 0 Å². The Morgan fingerprint density at radius 2 is 2.17 bits per heavy atom. The molecule has 1 unspecified atom stereocenters. The number of nitrogens with zero attached hydrogens (tertiary/aromatic N) is 2. The molecule has 0 aliphatic carbocycles. The van der Waals surface area contributed by atoms with Crippen LogP contribution in [0, 0.1) is 0 Å². The van der Waals surface area contributed by atoms with E-state index in [2.05, 4.69) is 9.97 Å². The topological polar surface area (TPSA) is 123 Å². The smallest absolute Gasteiger partial charge is 0.309 e. The predicted octanol–water partition coefficient (Wildman–Crippen LogP) is 0.415. The average Bonchev–Trinajstić information content (AvgIpc) is 2.76. The first-order valence-corrected chi connectivity index (χ1v) is 7.74. The van der Waals surface area contributed by atoms with Crippen molar-refractivity contribution >= 4 is 27.6 Å². The number of fused-ring (bicyclic) bond motifs is 1. The molecule has 2 rings (SSSR count). The number of anilines is 1. The molecule has 2 aromatic rings. The first-order chi connectivity index (χ1) is 10.7. The second kappa shape index (κ2) is 6.38. The SMILES string of the molecule is COC(CO)C[C@H](n1c(=O)sc2c(=O)[nH]c(N)nc21)C(C)(C)F. The fourth-order valence-corrected chi connectivity index (χ4v) is 3.27. The van der Waals surface area contributed by atoms with E-state index in [9.17, 15) is 19.1 Å². The molecule has 0 saturated heterocycles. The summed E-state index contributed by atoms with van der Waals surface area (Å²) in [6, 6.07) is -0.977. The molecule has 0 fully saturated rings. The van der Waals surface area contributed by atoms with E-state index >= 15 is 0 Å². The molecule has 128 valence electrons. The van der Waals surface area contributed by atoms with Crippen molar-refractivity contribution < 1.29 is 14.2 Å². The van der Waals surface area contributed by atoms with Crippen molar-refractivity contribution in [2.75, 3.05) is 19.5 Å². The number of hydrogen-bond donors (Lipinski definition) is 3. The monoisotopic (exact) mass is 346 g/mol. The highest BCUT2D eigenvalue weighted by Gasteiger charge is 2.36. The fourth-order valence-electron chi connectivity index (χ4n) is 2.41. The summed E-state index contributed by atoms with van der Waals surface area (Å²) in [6.45, 7) is 2.30. The molecule has 2 aromatic heterocycles. The molecule has 0 aliphatic rings. The van der Waals surface area contributed by atoms with Gasteiger partial charge >= 0.3 is 4.87 Å². The number of thiazole rings is 1. The molecule has 8 nitrogen and oxygen atoms in total. The Morgan fingerprint density at radius 1 is 1.52 bits per heavy atom. The van der Waals surface area contributed by atoms with Crippen molar-refractivity contribution in [2.45, 2.75) is 38.1 Å². The molecule has 0 aromatic carbocycles. The molecule has 2 atom stereocenters. The van der Waals surface area contributed by atoms with Gasteiger partial charge in [0.2, 0.25) is 5.95 Å². The highest BCUT2D eigenvalue weighted by atomic mass is 32.1. The van der Waals surface area contributed by atoms with Gasteiger partial charge in [0.15, 0.2) is 5.65 Å². The van der Waals surface area contributed by atoms with Crippen LogP contribution in [0.25, 0.3) is 10.3 Å². The Kier molecular flexibility index (Phi) is 4.87. The molecular formula is C13H19FN4O4S. The summed E-state index contributed by atoms with van der Waals surface area (Å²) >= 11 is 0.676. The number of aliphatic hydroxyl groups is 1. The molecule has 4 N–H and O–H groups in total. The number of alkyl halides is 1. The van der Waals surface area contributed by atoms with E-state index in [0.717, 1.165) is 4.57 Å². The molecular weight excluding hydrogens is 327 g/mol. The number of aromatic amines is 1. The van der Waals surface area contributed by atoms with Crippen LogP contribution in [0.4, 0.5) is 10.3 Å². The van der Waals surface area contributed by atoms with Crippen LogP contribution in [0.5, 0.6) is 0 Å². The lowest BCUT2D eigenvalue weighted by molar-refractivity contribution is 0.00963. The zero-order chi connectivity index (χ0) is 17.4. The Bertz CT molecular complexity index is 803. The summed E-state index contributed by atoms with van der Waals surface area (Å²) in [5.41, 5.74) is 3.20. The quantitative estimate of drug-likeness (QED) is 0.696. The molecule has 0 bridgehead atoms. The minimum atomic E-state index is -1.82. The van der Waals surface area contributed by atoms with Crippen LogP contribution in [0.2, 0.25) is 0 Å². The maximum atomic E-state index is 14.7. The van der Waals surface area contributed by atoms with E-state index < -0.39 is 28.2 Å². The van der Waals surface area contributed by atoms with Crippen LogP contribution in [0.3, 0.4) is 0 Å². The number of aromatic nitrogens is 3. The van der Waals surface area contributed by atoms with Gasteiger partial charge in [-0.05, 0) is 20.3 Å². The van der Waals surface area contributed by atoms with Crippen LogP contribution in [-0.2, 0) is 4.74 Å². The Morgan fingerprint density at radius 3 is 2.70 bits per heavy atom. The molecule has 23 heavy (non-hydrogen) atoms. The maximum Gasteiger partial charge on any atom is 0.309 e. The number of methoxy groups -OCH3 is 1. The largest absolute Gasteiger partial charge is 0.394 e. The minimum Gasteiger partial charge on any atom is -0.394 e. The van der Waals surface area contributed by atoms with Gasteiger partial charge in [-0.2, -0.15) is 4.98 Å². The van der Waals surface area contributed by atoms with Gasteiger partial charge in [-0.25, -0.2) is 4.39 Å². The summed E-state index contributed by atoms with van der Waals surface area (Å²) in [5, 5.41) is 9.29. The van der Waals surface area contributed by atoms with Crippen molar-refractivity contribution in [3.05, 3.63) is 20.0 Å². The van der Waals surface area contributed by atoms with Crippen molar-refractivity contribution in [1.82, 2.24) is 14.5 Å². The van der Waals surface area contributed by atoms with Crippen molar-refractivity contribution in [3.63, 3.8) is 0 Å². The molecule has 0 amide bonds. The summed E-state index contributed by atoms with van der Waals surface area (Å²) in [7, 11) is 1.39. The number of nitrogens with two attached hydrogens (primary N) is 1. The number of rotatable bonds is 6. The first-order valence-electron chi connectivity index (χ1n) is 6.92.